The number of hydrogen-bond donors (Lipinski definition) is 0. The molecule has 96 valence electrons. The Kier molecular flexibility index (Phi) is 24.0. The summed E-state index contributed by atoms with van der Waals surface area (Å²) in [4.78, 5) is 0. The second kappa shape index (κ2) is 13.0. The van der Waals surface area contributed by atoms with Crippen molar-refractivity contribution in [2.75, 3.05) is 0 Å². The largest absolute Gasteiger partial charge is 5.00 e. The summed E-state index contributed by atoms with van der Waals surface area (Å²) in [6.07, 6.45) is 0. The third-order valence-corrected chi connectivity index (χ3v) is 0. The van der Waals surface area contributed by atoms with E-state index in [4.69, 9.17) is 52.6 Å². The van der Waals surface area contributed by atoms with E-state index in [0.29, 0.717) is 0 Å². The van der Waals surface area contributed by atoms with E-state index < -0.39 is 31.2 Å². The van der Waals surface area contributed by atoms with Crippen LogP contribution in [0.5, 0.6) is 0 Å². The van der Waals surface area contributed by atoms with Crippen molar-refractivity contribution >= 4 is 31.2 Å². The molecule has 0 heterocycles. The molecule has 0 radical (unpaired) electrons. The molecule has 0 amide bonds. The minimum absolute atomic E-state index is 0. The summed E-state index contributed by atoms with van der Waals surface area (Å²) in [5, 5.41) is 0. The van der Waals surface area contributed by atoms with Gasteiger partial charge in [-0.25, -0.2) is 0 Å². The maximum absolute atomic E-state index is 8.52. The van der Waals surface area contributed by atoms with Gasteiger partial charge in [-0.2, -0.15) is 0 Å². The molecule has 0 aromatic carbocycles. The molecular formula is O12RbS3V. The SMILES string of the molecule is O=S(=O)([O-])[O-].O=S(=O)([O-])[O-].O=S(=O)([O-])[O-].[Rb+].[V+5]. The van der Waals surface area contributed by atoms with E-state index in [-0.39, 0.29) is 76.7 Å². The van der Waals surface area contributed by atoms with Crippen LogP contribution in [0, 0.1) is 0 Å². The quantitative estimate of drug-likeness (QED) is 0.260. The molecule has 12 nitrogen and oxygen atoms in total. The first kappa shape index (κ1) is 31.4. The zero-order valence-electron chi connectivity index (χ0n) is 7.57. The second-order valence-corrected chi connectivity index (χ2v) is 3.67. The average Bonchev–Trinajstić information content (AvgIpc) is 1.41. The van der Waals surface area contributed by atoms with Gasteiger partial charge in [-0.1, -0.05) is 0 Å². The standard InChI is InChI=1S/3H2O4S.Rb.V/c3*1-5(2,3)4;;/h3*(H2,1,2,3,4);;/q;;;+1;+5/p-6. The smallest absolute Gasteiger partial charge is 0.759 e. The van der Waals surface area contributed by atoms with E-state index in [2.05, 4.69) is 0 Å². The molecule has 0 atom stereocenters. The summed E-state index contributed by atoms with van der Waals surface area (Å²) in [6.45, 7) is 0. The Morgan fingerprint density at radius 2 is 0.471 bits per heavy atom. The first-order valence-corrected chi connectivity index (χ1v) is 6.00. The Bertz CT molecular complexity index is 343. The topological polar surface area (TPSA) is 241 Å². The van der Waals surface area contributed by atoms with E-state index >= 15 is 0 Å². The third-order valence-electron chi connectivity index (χ3n) is 0. The zero-order valence-corrected chi connectivity index (χ0v) is 16.3. The van der Waals surface area contributed by atoms with Crippen molar-refractivity contribution in [1.29, 1.82) is 0 Å². The molecule has 0 fully saturated rings. The van der Waals surface area contributed by atoms with Crippen molar-refractivity contribution in [3.8, 4) is 0 Å². The molecule has 0 rings (SSSR count). The van der Waals surface area contributed by atoms with Gasteiger partial charge >= 0.3 is 76.7 Å². The summed E-state index contributed by atoms with van der Waals surface area (Å²) in [6, 6.07) is 0. The van der Waals surface area contributed by atoms with Crippen LogP contribution >= 0.6 is 0 Å². The normalized spacial score (nSPS) is 10.2. The van der Waals surface area contributed by atoms with Gasteiger partial charge in [0.05, 0.1) is 0 Å². The molecule has 0 saturated heterocycles. The van der Waals surface area contributed by atoms with Crippen molar-refractivity contribution in [2.45, 2.75) is 0 Å². The van der Waals surface area contributed by atoms with Gasteiger partial charge in [0.25, 0.3) is 0 Å². The molecule has 17 heteroatoms. The summed E-state index contributed by atoms with van der Waals surface area (Å²) in [7, 11) is -15.5. The van der Waals surface area contributed by atoms with Crippen LogP contribution in [-0.4, -0.2) is 52.6 Å². The molecule has 0 saturated carbocycles. The van der Waals surface area contributed by atoms with Gasteiger partial charge in [0, 0.05) is 31.2 Å². The van der Waals surface area contributed by atoms with Crippen LogP contribution in [0.2, 0.25) is 0 Å². The second-order valence-electron chi connectivity index (χ2n) is 1.22. The average molecular weight is 425 g/mol. The Hall–Kier alpha value is 2.00. The summed E-state index contributed by atoms with van der Waals surface area (Å²) >= 11 is 0. The molecular weight excluding hydrogens is 425 g/mol. The summed E-state index contributed by atoms with van der Waals surface area (Å²) < 4.78 is 102. The van der Waals surface area contributed by atoms with E-state index in [9.17, 15) is 0 Å². The van der Waals surface area contributed by atoms with E-state index in [1.165, 1.54) is 0 Å². The fraction of sp³-hybridized carbons (Fsp3) is 0. The van der Waals surface area contributed by atoms with Gasteiger partial charge in [0.15, 0.2) is 0 Å². The molecule has 0 bridgehead atoms. The van der Waals surface area contributed by atoms with Gasteiger partial charge in [0.2, 0.25) is 0 Å². The Morgan fingerprint density at radius 3 is 0.471 bits per heavy atom. The van der Waals surface area contributed by atoms with Gasteiger partial charge in [-0.05, 0) is 0 Å². The van der Waals surface area contributed by atoms with E-state index in [1.807, 2.05) is 0 Å². The first-order valence-electron chi connectivity index (χ1n) is 2.00. The van der Waals surface area contributed by atoms with Crippen molar-refractivity contribution < 1.29 is 129 Å². The molecule has 0 spiro atoms. The number of rotatable bonds is 0. The Morgan fingerprint density at radius 1 is 0.471 bits per heavy atom. The van der Waals surface area contributed by atoms with Gasteiger partial charge in [-0.15, -0.1) is 0 Å². The molecule has 0 aliphatic heterocycles. The van der Waals surface area contributed by atoms with Crippen LogP contribution in [0.4, 0.5) is 0 Å². The fourth-order valence-corrected chi connectivity index (χ4v) is 0. The fourth-order valence-electron chi connectivity index (χ4n) is 0. The van der Waals surface area contributed by atoms with Gasteiger partial charge in [-0.3, -0.25) is 25.3 Å². The molecule has 0 aliphatic rings. The maximum Gasteiger partial charge on any atom is 5.00 e. The van der Waals surface area contributed by atoms with E-state index in [0.717, 1.165) is 0 Å². The molecule has 0 aromatic heterocycles. The van der Waals surface area contributed by atoms with Crippen LogP contribution in [0.3, 0.4) is 0 Å². The monoisotopic (exact) mass is 424 g/mol. The van der Waals surface area contributed by atoms with Crippen molar-refractivity contribution in [3.05, 3.63) is 0 Å². The van der Waals surface area contributed by atoms with Crippen LogP contribution in [0.1, 0.15) is 0 Å². The minimum Gasteiger partial charge on any atom is -0.759 e. The van der Waals surface area contributed by atoms with Crippen LogP contribution in [-0.2, 0) is 49.8 Å². The number of hydrogen-bond acceptors (Lipinski definition) is 12. The van der Waals surface area contributed by atoms with Crippen LogP contribution in [0.25, 0.3) is 0 Å². The molecule has 0 aromatic rings. The van der Waals surface area contributed by atoms with E-state index in [1.54, 1.807) is 0 Å². The van der Waals surface area contributed by atoms with Gasteiger partial charge < -0.3 is 27.3 Å². The van der Waals surface area contributed by atoms with Gasteiger partial charge in [0.1, 0.15) is 0 Å². The Labute approximate surface area is 158 Å². The Balaban J connectivity index is -0.0000000400. The maximum atomic E-state index is 8.52. The molecule has 0 N–H and O–H groups in total. The summed E-state index contributed by atoms with van der Waals surface area (Å²) in [5.74, 6) is 0. The predicted octanol–water partition coefficient (Wildman–Crippen LogP) is -7.01. The van der Waals surface area contributed by atoms with Crippen LogP contribution < -0.4 is 58.2 Å². The summed E-state index contributed by atoms with van der Waals surface area (Å²) in [5.41, 5.74) is 0. The van der Waals surface area contributed by atoms with Crippen molar-refractivity contribution in [1.82, 2.24) is 0 Å². The van der Waals surface area contributed by atoms with Crippen molar-refractivity contribution in [3.63, 3.8) is 0 Å². The minimum atomic E-state index is -5.17. The van der Waals surface area contributed by atoms with Crippen molar-refractivity contribution in [2.24, 2.45) is 0 Å². The first-order chi connectivity index (χ1) is 6.00. The molecule has 0 aliphatic carbocycles. The third kappa shape index (κ3) is 1150. The molecule has 0 unspecified atom stereocenters. The molecule has 17 heavy (non-hydrogen) atoms. The zero-order chi connectivity index (χ0) is 13.5. The predicted molar refractivity (Wildman–Crippen MR) is 31.4 cm³/mol. The van der Waals surface area contributed by atoms with Crippen LogP contribution in [0.15, 0.2) is 0 Å².